The van der Waals surface area contributed by atoms with Crippen LogP contribution in [0.25, 0.3) is 0 Å². The molecule has 1 aromatic rings. The molecule has 0 aliphatic rings. The highest BCUT2D eigenvalue weighted by molar-refractivity contribution is 7.80. The molecule has 3 nitrogen and oxygen atoms in total. The van der Waals surface area contributed by atoms with E-state index in [1.54, 1.807) is 4.90 Å². The van der Waals surface area contributed by atoms with Gasteiger partial charge in [-0.2, -0.15) is 0 Å². The fraction of sp³-hybridized carbons (Fsp3) is 0.429. The van der Waals surface area contributed by atoms with E-state index in [9.17, 15) is 4.79 Å². The van der Waals surface area contributed by atoms with Crippen LogP contribution in [-0.2, 0) is 4.79 Å². The van der Waals surface area contributed by atoms with Gasteiger partial charge in [0.1, 0.15) is 0 Å². The van der Waals surface area contributed by atoms with Gasteiger partial charge in [-0.3, -0.25) is 4.79 Å². The third-order valence-corrected chi connectivity index (χ3v) is 3.08. The fourth-order valence-electron chi connectivity index (χ4n) is 1.99. The number of benzene rings is 1. The van der Waals surface area contributed by atoms with Gasteiger partial charge in [-0.1, -0.05) is 49.5 Å². The Morgan fingerprint density at radius 2 is 1.94 bits per heavy atom. The number of thiocarbonyl (C=S) groups is 1. The number of hydrogen-bond acceptors (Lipinski definition) is 2. The average molecular weight is 264 g/mol. The van der Waals surface area contributed by atoms with E-state index in [4.69, 9.17) is 18.0 Å². The molecule has 0 radical (unpaired) electrons. The number of likely N-dealkylation sites (N-methyl/N-ethyl adjacent to an activating group) is 1. The zero-order chi connectivity index (χ0) is 13.5. The predicted molar refractivity (Wildman–Crippen MR) is 78.5 cm³/mol. The quantitative estimate of drug-likeness (QED) is 0.802. The largest absolute Gasteiger partial charge is 0.392 e. The summed E-state index contributed by atoms with van der Waals surface area (Å²) in [6.07, 6.45) is 0.774. The van der Waals surface area contributed by atoms with E-state index in [2.05, 4.69) is 0 Å². The Morgan fingerprint density at radius 3 is 2.39 bits per heavy atom. The van der Waals surface area contributed by atoms with Gasteiger partial charge < -0.3 is 10.6 Å². The van der Waals surface area contributed by atoms with Crippen molar-refractivity contribution < 1.29 is 4.79 Å². The highest BCUT2D eigenvalue weighted by Gasteiger charge is 2.23. The Kier molecular flexibility index (Phi) is 5.78. The SMILES string of the molecule is CCC(C(=O)N(CC)CC(N)=S)c1ccccc1. The lowest BCUT2D eigenvalue weighted by molar-refractivity contribution is -0.132. The van der Waals surface area contributed by atoms with Gasteiger partial charge in [0.05, 0.1) is 17.5 Å². The smallest absolute Gasteiger partial charge is 0.230 e. The summed E-state index contributed by atoms with van der Waals surface area (Å²) in [5, 5.41) is 0. The van der Waals surface area contributed by atoms with Crippen molar-refractivity contribution in [1.82, 2.24) is 4.90 Å². The van der Waals surface area contributed by atoms with Crippen molar-refractivity contribution in [2.24, 2.45) is 5.73 Å². The standard InChI is InChI=1S/C14H20N2OS/c1-3-12(11-8-6-5-7-9-11)14(17)16(4-2)10-13(15)18/h5-9,12H,3-4,10H2,1-2H3,(H2,15,18). The van der Waals surface area contributed by atoms with Crippen LogP contribution in [-0.4, -0.2) is 28.9 Å². The zero-order valence-corrected chi connectivity index (χ0v) is 11.7. The summed E-state index contributed by atoms with van der Waals surface area (Å²) in [5.74, 6) is -0.0144. The van der Waals surface area contributed by atoms with Crippen LogP contribution in [0.1, 0.15) is 31.7 Å². The molecule has 0 fully saturated rings. The Hall–Kier alpha value is -1.42. The van der Waals surface area contributed by atoms with Gasteiger partial charge in [-0.15, -0.1) is 0 Å². The molecule has 0 heterocycles. The van der Waals surface area contributed by atoms with Crippen LogP contribution in [0.15, 0.2) is 30.3 Å². The molecule has 4 heteroatoms. The molecule has 98 valence electrons. The second-order valence-corrected chi connectivity index (χ2v) is 4.71. The van der Waals surface area contributed by atoms with Gasteiger partial charge in [0.2, 0.25) is 5.91 Å². The minimum Gasteiger partial charge on any atom is -0.392 e. The van der Waals surface area contributed by atoms with Crippen molar-refractivity contribution in [1.29, 1.82) is 0 Å². The van der Waals surface area contributed by atoms with Crippen LogP contribution in [0.4, 0.5) is 0 Å². The third kappa shape index (κ3) is 3.81. The first-order chi connectivity index (χ1) is 8.60. The number of amides is 1. The molecular formula is C14H20N2OS. The Morgan fingerprint density at radius 1 is 1.33 bits per heavy atom. The number of hydrogen-bond donors (Lipinski definition) is 1. The molecule has 0 saturated carbocycles. The molecule has 0 aliphatic heterocycles. The summed E-state index contributed by atoms with van der Waals surface area (Å²) in [6, 6.07) is 9.83. The number of nitrogens with two attached hydrogens (primary N) is 1. The highest BCUT2D eigenvalue weighted by Crippen LogP contribution is 2.21. The second kappa shape index (κ2) is 7.11. The molecule has 1 unspecified atom stereocenters. The lowest BCUT2D eigenvalue weighted by atomic mass is 9.95. The lowest BCUT2D eigenvalue weighted by Crippen LogP contribution is -2.40. The molecule has 1 aromatic carbocycles. The van der Waals surface area contributed by atoms with E-state index < -0.39 is 0 Å². The minimum absolute atomic E-state index is 0.0963. The fourth-order valence-corrected chi connectivity index (χ4v) is 2.15. The van der Waals surface area contributed by atoms with Crippen molar-refractivity contribution in [3.8, 4) is 0 Å². The van der Waals surface area contributed by atoms with Gasteiger partial charge in [0, 0.05) is 6.54 Å². The molecule has 1 amide bonds. The van der Waals surface area contributed by atoms with Crippen molar-refractivity contribution in [2.75, 3.05) is 13.1 Å². The van der Waals surface area contributed by atoms with Crippen molar-refractivity contribution in [3.05, 3.63) is 35.9 Å². The van der Waals surface area contributed by atoms with Crippen molar-refractivity contribution >= 4 is 23.1 Å². The van der Waals surface area contributed by atoms with Crippen LogP contribution < -0.4 is 5.73 Å². The van der Waals surface area contributed by atoms with E-state index in [0.29, 0.717) is 18.1 Å². The van der Waals surface area contributed by atoms with E-state index in [1.807, 2.05) is 44.2 Å². The van der Waals surface area contributed by atoms with Crippen LogP contribution in [0.2, 0.25) is 0 Å². The summed E-state index contributed by atoms with van der Waals surface area (Å²) in [6.45, 7) is 4.94. The lowest BCUT2D eigenvalue weighted by Gasteiger charge is -2.25. The first-order valence-electron chi connectivity index (χ1n) is 6.22. The van der Waals surface area contributed by atoms with Gasteiger partial charge in [-0.25, -0.2) is 0 Å². The number of carbonyl (C=O) groups is 1. The maximum Gasteiger partial charge on any atom is 0.230 e. The second-order valence-electron chi connectivity index (χ2n) is 4.19. The summed E-state index contributed by atoms with van der Waals surface area (Å²) in [4.78, 5) is 14.5. The molecular weight excluding hydrogens is 244 g/mol. The summed E-state index contributed by atoms with van der Waals surface area (Å²) >= 11 is 4.88. The Labute approximate surface area is 114 Å². The molecule has 1 rings (SSSR count). The Balaban J connectivity index is 2.87. The molecule has 1 atom stereocenters. The highest BCUT2D eigenvalue weighted by atomic mass is 32.1. The monoisotopic (exact) mass is 264 g/mol. The third-order valence-electron chi connectivity index (χ3n) is 2.95. The van der Waals surface area contributed by atoms with Crippen LogP contribution in [0.5, 0.6) is 0 Å². The topological polar surface area (TPSA) is 46.3 Å². The van der Waals surface area contributed by atoms with Crippen molar-refractivity contribution in [2.45, 2.75) is 26.2 Å². The predicted octanol–water partition coefficient (Wildman–Crippen LogP) is 2.31. The summed E-state index contributed by atoms with van der Waals surface area (Å²) in [5.41, 5.74) is 6.57. The summed E-state index contributed by atoms with van der Waals surface area (Å²) < 4.78 is 0. The van der Waals surface area contributed by atoms with Gasteiger partial charge >= 0.3 is 0 Å². The van der Waals surface area contributed by atoms with Crippen LogP contribution in [0, 0.1) is 0 Å². The zero-order valence-electron chi connectivity index (χ0n) is 10.9. The van der Waals surface area contributed by atoms with Gasteiger partial charge in [0.25, 0.3) is 0 Å². The first-order valence-corrected chi connectivity index (χ1v) is 6.63. The van der Waals surface area contributed by atoms with Crippen LogP contribution in [0.3, 0.4) is 0 Å². The van der Waals surface area contributed by atoms with Crippen molar-refractivity contribution in [3.63, 3.8) is 0 Å². The number of nitrogens with zero attached hydrogens (tertiary/aromatic N) is 1. The van der Waals surface area contributed by atoms with E-state index >= 15 is 0 Å². The molecule has 0 saturated heterocycles. The van der Waals surface area contributed by atoms with E-state index in [1.165, 1.54) is 0 Å². The molecule has 0 spiro atoms. The van der Waals surface area contributed by atoms with E-state index in [0.717, 1.165) is 12.0 Å². The van der Waals surface area contributed by atoms with Crippen LogP contribution >= 0.6 is 12.2 Å². The molecule has 0 aliphatic carbocycles. The normalized spacial score (nSPS) is 11.9. The maximum absolute atomic E-state index is 12.5. The minimum atomic E-state index is -0.111. The molecule has 0 aromatic heterocycles. The number of rotatable bonds is 6. The maximum atomic E-state index is 12.5. The Bertz CT molecular complexity index is 406. The molecule has 2 N–H and O–H groups in total. The van der Waals surface area contributed by atoms with Gasteiger partial charge in [-0.05, 0) is 18.9 Å². The molecule has 18 heavy (non-hydrogen) atoms. The number of carbonyl (C=O) groups excluding carboxylic acids is 1. The summed E-state index contributed by atoms with van der Waals surface area (Å²) in [7, 11) is 0. The average Bonchev–Trinajstić information content (AvgIpc) is 2.37. The first kappa shape index (κ1) is 14.6. The molecule has 0 bridgehead atoms. The van der Waals surface area contributed by atoms with E-state index in [-0.39, 0.29) is 11.8 Å². The van der Waals surface area contributed by atoms with Gasteiger partial charge in [0.15, 0.2) is 0 Å².